The Bertz CT molecular complexity index is 1180. The molecule has 0 atom stereocenters. The first-order chi connectivity index (χ1) is 16.2. The van der Waals surface area contributed by atoms with Gasteiger partial charge in [0, 0.05) is 17.4 Å². The number of nitrogens with zero attached hydrogens (tertiary/aromatic N) is 2. The number of anilines is 2. The van der Waals surface area contributed by atoms with Crippen molar-refractivity contribution in [2.75, 3.05) is 17.2 Å². The number of halogens is 4. The third-order valence-corrected chi connectivity index (χ3v) is 4.38. The normalized spacial score (nSPS) is 11.0. The number of hydrogen-bond acceptors (Lipinski definition) is 6. The molecule has 13 heteroatoms. The van der Waals surface area contributed by atoms with Crippen molar-refractivity contribution in [3.8, 4) is 11.6 Å². The van der Waals surface area contributed by atoms with Gasteiger partial charge in [0.15, 0.2) is 0 Å². The lowest BCUT2D eigenvalue weighted by Gasteiger charge is -2.12. The van der Waals surface area contributed by atoms with Crippen LogP contribution in [0.4, 0.5) is 29.3 Å². The Kier molecular flexibility index (Phi) is 7.87. The molecule has 0 aliphatic heterocycles. The monoisotopic (exact) mass is 495 g/mol. The Morgan fingerprint density at radius 3 is 2.35 bits per heavy atom. The molecule has 34 heavy (non-hydrogen) atoms. The third-order valence-electron chi connectivity index (χ3n) is 4.05. The van der Waals surface area contributed by atoms with E-state index in [-0.39, 0.29) is 23.9 Å². The molecule has 3 N–H and O–H groups in total. The molecule has 0 saturated heterocycles. The lowest BCUT2D eigenvalue weighted by atomic mass is 10.2. The molecule has 3 amide bonds. The van der Waals surface area contributed by atoms with Crippen molar-refractivity contribution in [3.05, 3.63) is 71.1 Å². The van der Waals surface area contributed by atoms with Crippen molar-refractivity contribution in [1.82, 2.24) is 15.4 Å². The molecule has 0 bridgehead atoms. The van der Waals surface area contributed by atoms with Gasteiger partial charge in [0.25, 0.3) is 5.91 Å². The molecule has 178 valence electrons. The number of ether oxygens (including phenoxy) is 1. The van der Waals surface area contributed by atoms with Crippen molar-refractivity contribution in [2.24, 2.45) is 0 Å². The first kappa shape index (κ1) is 24.7. The minimum atomic E-state index is -4.65. The first-order valence-electron chi connectivity index (χ1n) is 9.62. The fraction of sp³-hybridized carbons (Fsp3) is 0.143. The second kappa shape index (κ2) is 10.8. The summed E-state index contributed by atoms with van der Waals surface area (Å²) in [7, 11) is 0. The summed E-state index contributed by atoms with van der Waals surface area (Å²) in [5, 5.41) is 4.32. The minimum absolute atomic E-state index is 0.0317. The number of urea groups is 1. The highest BCUT2D eigenvalue weighted by Crippen LogP contribution is 2.36. The maximum Gasteiger partial charge on any atom is 0.417 e. The molecule has 1 aromatic heterocycles. The summed E-state index contributed by atoms with van der Waals surface area (Å²) in [6.45, 7) is 1.99. The molecule has 3 rings (SSSR count). The number of alkyl halides is 3. The van der Waals surface area contributed by atoms with E-state index in [0.29, 0.717) is 11.4 Å². The lowest BCUT2D eigenvalue weighted by Crippen LogP contribution is -2.24. The first-order valence-corrected chi connectivity index (χ1v) is 10.0. The Morgan fingerprint density at radius 1 is 1.00 bits per heavy atom. The second-order valence-corrected chi connectivity index (χ2v) is 6.91. The zero-order chi connectivity index (χ0) is 24.7. The number of nitrogens with one attached hydrogen (secondary N) is 3. The standard InChI is InChI=1S/C21H17ClF3N5O4/c1-2-33-30-19(31)17-10-18(27-11-26-17)34-14-6-3-12(4-7-14)28-20(32)29-13-5-8-16(22)15(9-13)21(23,24)25/h3-11H,2H2,1H3,(H,30,31)(H2,28,29,32). The summed E-state index contributed by atoms with van der Waals surface area (Å²) >= 11 is 5.57. The summed E-state index contributed by atoms with van der Waals surface area (Å²) in [4.78, 5) is 36.6. The second-order valence-electron chi connectivity index (χ2n) is 6.50. The molecule has 1 heterocycles. The molecule has 0 unspecified atom stereocenters. The fourth-order valence-corrected chi connectivity index (χ4v) is 2.77. The van der Waals surface area contributed by atoms with E-state index in [2.05, 4.69) is 26.1 Å². The summed E-state index contributed by atoms with van der Waals surface area (Å²) in [5.74, 6) is -0.130. The number of benzene rings is 2. The number of aromatic nitrogens is 2. The number of hydrogen-bond donors (Lipinski definition) is 3. The molecule has 9 nitrogen and oxygen atoms in total. The molecule has 2 aromatic carbocycles. The molecule has 0 fully saturated rings. The molecular weight excluding hydrogens is 479 g/mol. The Balaban J connectivity index is 1.60. The summed E-state index contributed by atoms with van der Waals surface area (Å²) in [5.41, 5.74) is 1.44. The van der Waals surface area contributed by atoms with Crippen LogP contribution in [0.3, 0.4) is 0 Å². The van der Waals surface area contributed by atoms with Crippen LogP contribution in [-0.2, 0) is 11.0 Å². The minimum Gasteiger partial charge on any atom is -0.439 e. The van der Waals surface area contributed by atoms with E-state index in [0.717, 1.165) is 18.5 Å². The molecular formula is C21H17ClF3N5O4. The number of carbonyl (C=O) groups excluding carboxylic acids is 2. The molecule has 0 spiro atoms. The van der Waals surface area contributed by atoms with Crippen molar-refractivity contribution >= 4 is 34.9 Å². The Morgan fingerprint density at radius 2 is 1.68 bits per heavy atom. The molecule has 0 saturated carbocycles. The van der Waals surface area contributed by atoms with Crippen molar-refractivity contribution in [1.29, 1.82) is 0 Å². The quantitative estimate of drug-likeness (QED) is 0.385. The maximum atomic E-state index is 13.0. The van der Waals surface area contributed by atoms with Crippen LogP contribution in [0.2, 0.25) is 5.02 Å². The van der Waals surface area contributed by atoms with Gasteiger partial charge in [-0.3, -0.25) is 9.63 Å². The SMILES string of the molecule is CCONC(=O)c1cc(Oc2ccc(NC(=O)Nc3ccc(Cl)c(C(F)(F)F)c3)cc2)ncn1. The Labute approximate surface area is 196 Å². The third kappa shape index (κ3) is 6.80. The van der Waals surface area contributed by atoms with E-state index in [1.54, 1.807) is 6.92 Å². The predicted molar refractivity (Wildman–Crippen MR) is 117 cm³/mol. The highest BCUT2D eigenvalue weighted by atomic mass is 35.5. The summed E-state index contributed by atoms with van der Waals surface area (Å²) < 4.78 is 44.4. The van der Waals surface area contributed by atoms with Crippen molar-refractivity contribution in [2.45, 2.75) is 13.1 Å². The van der Waals surface area contributed by atoms with Gasteiger partial charge < -0.3 is 15.4 Å². The van der Waals surface area contributed by atoms with Crippen LogP contribution in [-0.4, -0.2) is 28.5 Å². The number of carbonyl (C=O) groups is 2. The summed E-state index contributed by atoms with van der Waals surface area (Å²) in [6, 6.07) is 9.63. The average molecular weight is 496 g/mol. The van der Waals surface area contributed by atoms with E-state index in [1.165, 1.54) is 36.4 Å². The van der Waals surface area contributed by atoms with Crippen LogP contribution in [0.1, 0.15) is 23.0 Å². The van der Waals surface area contributed by atoms with E-state index < -0.39 is 28.7 Å². The number of rotatable bonds is 7. The molecule has 0 aliphatic rings. The highest BCUT2D eigenvalue weighted by Gasteiger charge is 2.33. The van der Waals surface area contributed by atoms with Crippen LogP contribution in [0.5, 0.6) is 11.6 Å². The van der Waals surface area contributed by atoms with Gasteiger partial charge in [-0.2, -0.15) is 13.2 Å². The zero-order valence-electron chi connectivity index (χ0n) is 17.4. The van der Waals surface area contributed by atoms with E-state index >= 15 is 0 Å². The molecule has 0 radical (unpaired) electrons. The smallest absolute Gasteiger partial charge is 0.417 e. The van der Waals surface area contributed by atoms with Crippen molar-refractivity contribution in [3.63, 3.8) is 0 Å². The van der Waals surface area contributed by atoms with Crippen LogP contribution in [0.15, 0.2) is 54.9 Å². The van der Waals surface area contributed by atoms with Gasteiger partial charge in [0.05, 0.1) is 17.2 Å². The van der Waals surface area contributed by atoms with Crippen molar-refractivity contribution < 1.29 is 32.3 Å². The average Bonchev–Trinajstić information content (AvgIpc) is 2.79. The zero-order valence-corrected chi connectivity index (χ0v) is 18.2. The largest absolute Gasteiger partial charge is 0.439 e. The number of amides is 3. The van der Waals surface area contributed by atoms with E-state index in [4.69, 9.17) is 21.2 Å². The van der Waals surface area contributed by atoms with Crippen LogP contribution in [0, 0.1) is 0 Å². The summed E-state index contributed by atoms with van der Waals surface area (Å²) in [6.07, 6.45) is -3.50. The fourth-order valence-electron chi connectivity index (χ4n) is 2.55. The topological polar surface area (TPSA) is 114 Å². The lowest BCUT2D eigenvalue weighted by molar-refractivity contribution is -0.137. The van der Waals surface area contributed by atoms with Crippen LogP contribution < -0.4 is 20.9 Å². The highest BCUT2D eigenvalue weighted by molar-refractivity contribution is 6.31. The Hall–Kier alpha value is -3.90. The van der Waals surface area contributed by atoms with Gasteiger partial charge in [-0.05, 0) is 49.4 Å². The van der Waals surface area contributed by atoms with Gasteiger partial charge in [-0.15, -0.1) is 0 Å². The van der Waals surface area contributed by atoms with Crippen LogP contribution >= 0.6 is 11.6 Å². The maximum absolute atomic E-state index is 13.0. The van der Waals surface area contributed by atoms with Gasteiger partial charge >= 0.3 is 12.2 Å². The van der Waals surface area contributed by atoms with E-state index in [9.17, 15) is 22.8 Å². The van der Waals surface area contributed by atoms with Gasteiger partial charge in [0.1, 0.15) is 17.8 Å². The number of hydroxylamine groups is 1. The van der Waals surface area contributed by atoms with Gasteiger partial charge in [-0.25, -0.2) is 20.2 Å². The van der Waals surface area contributed by atoms with E-state index in [1.807, 2.05) is 0 Å². The van der Waals surface area contributed by atoms with Gasteiger partial charge in [0.2, 0.25) is 5.88 Å². The molecule has 0 aliphatic carbocycles. The predicted octanol–water partition coefficient (Wildman–Crippen LogP) is 5.27. The van der Waals surface area contributed by atoms with Crippen LogP contribution in [0.25, 0.3) is 0 Å². The van der Waals surface area contributed by atoms with Gasteiger partial charge in [-0.1, -0.05) is 11.6 Å². The molecule has 3 aromatic rings.